The summed E-state index contributed by atoms with van der Waals surface area (Å²) in [7, 11) is 0. The van der Waals surface area contributed by atoms with E-state index in [4.69, 9.17) is 5.73 Å². The van der Waals surface area contributed by atoms with Gasteiger partial charge in [-0.05, 0) is 29.2 Å². The van der Waals surface area contributed by atoms with Gasteiger partial charge in [-0.3, -0.25) is 10.1 Å². The normalized spacial score (nSPS) is 22.9. The summed E-state index contributed by atoms with van der Waals surface area (Å²) in [6, 6.07) is 3.26. The Morgan fingerprint density at radius 1 is 1.30 bits per heavy atom. The van der Waals surface area contributed by atoms with Gasteiger partial charge in [0.05, 0.1) is 10.6 Å². The van der Waals surface area contributed by atoms with Crippen molar-refractivity contribution in [3.8, 4) is 0 Å². The fraction of sp³-hybridized carbons (Fsp3) is 0.500. The van der Waals surface area contributed by atoms with E-state index in [0.717, 1.165) is 25.7 Å². The molecule has 8 heteroatoms. The number of benzene rings is 1. The molecule has 0 bridgehead atoms. The molecule has 1 fully saturated rings. The smallest absolute Gasteiger partial charge is 0.300 e. The fourth-order valence-corrected chi connectivity index (χ4v) is 2.66. The molecule has 20 heavy (non-hydrogen) atoms. The van der Waals surface area contributed by atoms with E-state index >= 15 is 0 Å². The maximum atomic E-state index is 10.9. The van der Waals surface area contributed by atoms with Gasteiger partial charge in [-0.25, -0.2) is 4.63 Å². The summed E-state index contributed by atoms with van der Waals surface area (Å²) in [5.74, 6) is 0. The first-order valence-corrected chi connectivity index (χ1v) is 6.58. The van der Waals surface area contributed by atoms with E-state index in [2.05, 4.69) is 20.3 Å². The van der Waals surface area contributed by atoms with Crippen LogP contribution in [0.15, 0.2) is 16.8 Å². The predicted molar refractivity (Wildman–Crippen MR) is 72.3 cm³/mol. The van der Waals surface area contributed by atoms with Crippen molar-refractivity contribution < 1.29 is 9.55 Å². The molecule has 3 N–H and O–H groups in total. The molecule has 0 spiro atoms. The number of non-ortho nitro benzene ring substituents is 1. The van der Waals surface area contributed by atoms with E-state index in [1.54, 1.807) is 6.07 Å². The summed E-state index contributed by atoms with van der Waals surface area (Å²) in [6.07, 6.45) is 4.22. The molecule has 2 aromatic rings. The van der Waals surface area contributed by atoms with Gasteiger partial charge in [0.1, 0.15) is 0 Å². The molecule has 1 heterocycles. The Kier molecular flexibility index (Phi) is 3.23. The summed E-state index contributed by atoms with van der Waals surface area (Å²) >= 11 is 0. The Bertz CT molecular complexity index is 641. The molecule has 8 nitrogen and oxygen atoms in total. The van der Waals surface area contributed by atoms with Crippen LogP contribution in [0.2, 0.25) is 0 Å². The first-order valence-electron chi connectivity index (χ1n) is 6.58. The van der Waals surface area contributed by atoms with Gasteiger partial charge in [-0.2, -0.15) is 0 Å². The second kappa shape index (κ2) is 5.04. The third-order valence-electron chi connectivity index (χ3n) is 3.75. The molecular formula is C12H15N5O3. The molecule has 0 radical (unpaired) electrons. The Hall–Kier alpha value is -2.22. The average Bonchev–Trinajstić information content (AvgIpc) is 2.90. The molecule has 1 saturated carbocycles. The molecule has 2 atom stereocenters. The lowest BCUT2D eigenvalue weighted by Crippen LogP contribution is -2.42. The average molecular weight is 277 g/mol. The highest BCUT2D eigenvalue weighted by atomic mass is 16.6. The summed E-state index contributed by atoms with van der Waals surface area (Å²) in [5.41, 5.74) is 7.19. The molecule has 1 aliphatic rings. The highest BCUT2D eigenvalue weighted by Gasteiger charge is 2.25. The van der Waals surface area contributed by atoms with Crippen molar-refractivity contribution in [3.05, 3.63) is 22.2 Å². The molecule has 1 aliphatic carbocycles. The Morgan fingerprint density at radius 3 is 2.80 bits per heavy atom. The number of nitro groups is 1. The highest BCUT2D eigenvalue weighted by Crippen LogP contribution is 2.30. The molecule has 0 aliphatic heterocycles. The monoisotopic (exact) mass is 277 g/mol. The zero-order chi connectivity index (χ0) is 14.1. The number of hydrogen-bond acceptors (Lipinski definition) is 7. The fourth-order valence-electron chi connectivity index (χ4n) is 2.66. The van der Waals surface area contributed by atoms with Gasteiger partial charge in [0, 0.05) is 18.2 Å². The van der Waals surface area contributed by atoms with Crippen molar-refractivity contribution in [1.82, 2.24) is 10.3 Å². The van der Waals surface area contributed by atoms with Crippen LogP contribution in [0.3, 0.4) is 0 Å². The topological polar surface area (TPSA) is 120 Å². The second-order valence-corrected chi connectivity index (χ2v) is 5.05. The third kappa shape index (κ3) is 2.18. The lowest BCUT2D eigenvalue weighted by molar-refractivity contribution is -0.383. The summed E-state index contributed by atoms with van der Waals surface area (Å²) < 4.78 is 4.64. The largest absolute Gasteiger partial charge is 0.379 e. The second-order valence-electron chi connectivity index (χ2n) is 5.05. The molecule has 3 rings (SSSR count). The SMILES string of the molecule is N[C@@H]1CCCC[C@H]1Nc1ccc([N+](=O)[O-])c2nonc12. The summed E-state index contributed by atoms with van der Waals surface area (Å²) in [4.78, 5) is 10.4. The first kappa shape index (κ1) is 12.8. The number of nitro benzene ring substituents is 1. The summed E-state index contributed by atoms with van der Waals surface area (Å²) in [5, 5.41) is 21.6. The van der Waals surface area contributed by atoms with E-state index in [9.17, 15) is 10.1 Å². The van der Waals surface area contributed by atoms with E-state index < -0.39 is 4.92 Å². The zero-order valence-electron chi connectivity index (χ0n) is 10.8. The number of nitrogens with one attached hydrogen (secondary N) is 1. The molecule has 106 valence electrons. The quantitative estimate of drug-likeness (QED) is 0.648. The van der Waals surface area contributed by atoms with Crippen LogP contribution >= 0.6 is 0 Å². The van der Waals surface area contributed by atoms with Gasteiger partial charge in [-0.1, -0.05) is 12.8 Å². The predicted octanol–water partition coefficient (Wildman–Crippen LogP) is 1.81. The Balaban J connectivity index is 1.94. The van der Waals surface area contributed by atoms with Gasteiger partial charge < -0.3 is 11.1 Å². The van der Waals surface area contributed by atoms with Gasteiger partial charge in [-0.15, -0.1) is 0 Å². The number of nitrogens with two attached hydrogens (primary N) is 1. The van der Waals surface area contributed by atoms with Gasteiger partial charge in [0.2, 0.25) is 5.52 Å². The minimum absolute atomic E-state index is 0.0776. The van der Waals surface area contributed by atoms with Crippen molar-refractivity contribution in [3.63, 3.8) is 0 Å². The minimum Gasteiger partial charge on any atom is -0.379 e. The van der Waals surface area contributed by atoms with Crippen LogP contribution in [0.5, 0.6) is 0 Å². The van der Waals surface area contributed by atoms with Crippen LogP contribution in [0, 0.1) is 10.1 Å². The molecule has 1 aromatic heterocycles. The molecule has 0 saturated heterocycles. The maximum absolute atomic E-state index is 10.9. The number of aromatic nitrogens is 2. The molecule has 0 amide bonds. The number of anilines is 1. The lowest BCUT2D eigenvalue weighted by atomic mass is 9.91. The number of hydrogen-bond donors (Lipinski definition) is 2. The van der Waals surface area contributed by atoms with Crippen molar-refractivity contribution in [2.45, 2.75) is 37.8 Å². The standard InChI is InChI=1S/C12H15N5O3/c13-7-3-1-2-4-8(7)14-9-5-6-10(17(18)19)12-11(9)15-20-16-12/h5-8,14H,1-4,13H2/t7-,8-/m1/s1. The molecule has 1 aromatic carbocycles. The Labute approximate surface area is 114 Å². The van der Waals surface area contributed by atoms with Crippen molar-refractivity contribution in [2.75, 3.05) is 5.32 Å². The van der Waals surface area contributed by atoms with Crippen LogP contribution in [-0.4, -0.2) is 27.3 Å². The van der Waals surface area contributed by atoms with E-state index in [1.807, 2.05) is 0 Å². The number of nitrogens with zero attached hydrogens (tertiary/aromatic N) is 3. The van der Waals surface area contributed by atoms with Crippen molar-refractivity contribution >= 4 is 22.4 Å². The van der Waals surface area contributed by atoms with Crippen LogP contribution < -0.4 is 11.1 Å². The highest BCUT2D eigenvalue weighted by molar-refractivity contribution is 5.93. The van der Waals surface area contributed by atoms with E-state index in [0.29, 0.717) is 11.2 Å². The first-order chi connectivity index (χ1) is 9.66. The lowest BCUT2D eigenvalue weighted by Gasteiger charge is -2.30. The van der Waals surface area contributed by atoms with Crippen LogP contribution in [0.1, 0.15) is 25.7 Å². The zero-order valence-corrected chi connectivity index (χ0v) is 10.8. The van der Waals surface area contributed by atoms with Crippen LogP contribution in [0.25, 0.3) is 11.0 Å². The van der Waals surface area contributed by atoms with Gasteiger partial charge in [0.15, 0.2) is 5.52 Å². The Morgan fingerprint density at radius 2 is 2.05 bits per heavy atom. The van der Waals surface area contributed by atoms with Crippen LogP contribution in [0.4, 0.5) is 11.4 Å². The minimum atomic E-state index is -0.497. The molecule has 0 unspecified atom stereocenters. The van der Waals surface area contributed by atoms with E-state index in [-0.39, 0.29) is 23.3 Å². The van der Waals surface area contributed by atoms with E-state index in [1.165, 1.54) is 6.07 Å². The number of fused-ring (bicyclic) bond motifs is 1. The third-order valence-corrected chi connectivity index (χ3v) is 3.75. The van der Waals surface area contributed by atoms with Crippen molar-refractivity contribution in [1.29, 1.82) is 0 Å². The van der Waals surface area contributed by atoms with Crippen LogP contribution in [-0.2, 0) is 0 Å². The molecular weight excluding hydrogens is 262 g/mol. The van der Waals surface area contributed by atoms with Gasteiger partial charge in [0.25, 0.3) is 0 Å². The van der Waals surface area contributed by atoms with Crippen molar-refractivity contribution in [2.24, 2.45) is 5.73 Å². The maximum Gasteiger partial charge on any atom is 0.300 e. The van der Waals surface area contributed by atoms with Gasteiger partial charge >= 0.3 is 5.69 Å². The number of rotatable bonds is 3. The summed E-state index contributed by atoms with van der Waals surface area (Å²) in [6.45, 7) is 0.